The maximum atomic E-state index is 11.7. The summed E-state index contributed by atoms with van der Waals surface area (Å²) in [6.45, 7) is 2.90. The minimum absolute atomic E-state index is 0. The van der Waals surface area contributed by atoms with Gasteiger partial charge < -0.3 is 10.6 Å². The zero-order valence-electron chi connectivity index (χ0n) is 9.27. The maximum Gasteiger partial charge on any atom is 0.226 e. The highest BCUT2D eigenvalue weighted by molar-refractivity contribution is 9.10. The Balaban J connectivity index is 0.00000225. The lowest BCUT2D eigenvalue weighted by Gasteiger charge is -2.19. The fourth-order valence-corrected chi connectivity index (χ4v) is 2.73. The van der Waals surface area contributed by atoms with Gasteiger partial charge in [-0.25, -0.2) is 0 Å². The van der Waals surface area contributed by atoms with Gasteiger partial charge in [-0.1, -0.05) is 6.92 Å². The Kier molecular flexibility index (Phi) is 7.22. The van der Waals surface area contributed by atoms with E-state index in [1.165, 1.54) is 4.88 Å². The Morgan fingerprint density at radius 2 is 2.31 bits per heavy atom. The molecule has 1 amide bonds. The van der Waals surface area contributed by atoms with E-state index in [2.05, 4.69) is 15.9 Å². The first-order valence-corrected chi connectivity index (χ1v) is 6.39. The molecule has 2 N–H and O–H groups in total. The molecule has 0 aromatic carbocycles. The van der Waals surface area contributed by atoms with Gasteiger partial charge in [-0.05, 0) is 22.0 Å². The lowest BCUT2D eigenvalue weighted by molar-refractivity contribution is -0.133. The highest BCUT2D eigenvalue weighted by Gasteiger charge is 2.16. The second-order valence-electron chi connectivity index (χ2n) is 3.56. The number of carbonyl (C=O) groups excluding carboxylic acids is 1. The molecule has 1 heterocycles. The quantitative estimate of drug-likeness (QED) is 0.923. The van der Waals surface area contributed by atoms with Crippen molar-refractivity contribution in [3.63, 3.8) is 0 Å². The molecule has 0 saturated carbocycles. The van der Waals surface area contributed by atoms with Gasteiger partial charge in [-0.3, -0.25) is 4.79 Å². The van der Waals surface area contributed by atoms with Crippen LogP contribution in [-0.2, 0) is 11.3 Å². The molecule has 0 bridgehead atoms. The molecule has 1 aromatic rings. The van der Waals surface area contributed by atoms with Crippen LogP contribution in [0.15, 0.2) is 15.9 Å². The molecule has 92 valence electrons. The number of thiophene rings is 1. The molecule has 6 heteroatoms. The fraction of sp³-hybridized carbons (Fsp3) is 0.500. The predicted molar refractivity (Wildman–Crippen MR) is 74.0 cm³/mol. The summed E-state index contributed by atoms with van der Waals surface area (Å²) in [5, 5.41) is 2.01. The number of rotatable bonds is 4. The van der Waals surface area contributed by atoms with E-state index in [1.54, 1.807) is 16.2 Å². The molecule has 1 aromatic heterocycles. The third-order valence-electron chi connectivity index (χ3n) is 2.17. The van der Waals surface area contributed by atoms with Gasteiger partial charge in [-0.2, -0.15) is 0 Å². The second-order valence-corrected chi connectivity index (χ2v) is 5.47. The number of hydrogen-bond donors (Lipinski definition) is 1. The van der Waals surface area contributed by atoms with Crippen LogP contribution in [0.1, 0.15) is 11.8 Å². The lowest BCUT2D eigenvalue weighted by atomic mass is 10.1. The van der Waals surface area contributed by atoms with Gasteiger partial charge in [0, 0.05) is 34.2 Å². The smallest absolute Gasteiger partial charge is 0.226 e. The van der Waals surface area contributed by atoms with Crippen LogP contribution in [0.5, 0.6) is 0 Å². The molecule has 0 aliphatic rings. The molecule has 0 fully saturated rings. The molecule has 3 nitrogen and oxygen atoms in total. The molecular formula is C10H16BrClN2OS. The average Bonchev–Trinajstić information content (AvgIpc) is 2.61. The number of nitrogens with two attached hydrogens (primary N) is 1. The van der Waals surface area contributed by atoms with E-state index >= 15 is 0 Å². The lowest BCUT2D eigenvalue weighted by Crippen LogP contribution is -2.34. The van der Waals surface area contributed by atoms with E-state index in [0.717, 1.165) is 4.47 Å². The van der Waals surface area contributed by atoms with Crippen molar-refractivity contribution in [1.82, 2.24) is 4.90 Å². The first-order valence-electron chi connectivity index (χ1n) is 4.72. The molecule has 1 unspecified atom stereocenters. The Labute approximate surface area is 115 Å². The average molecular weight is 328 g/mol. The van der Waals surface area contributed by atoms with Crippen molar-refractivity contribution >= 4 is 45.6 Å². The number of carbonyl (C=O) groups is 1. The van der Waals surface area contributed by atoms with E-state index in [9.17, 15) is 4.79 Å². The van der Waals surface area contributed by atoms with E-state index in [-0.39, 0.29) is 24.2 Å². The summed E-state index contributed by atoms with van der Waals surface area (Å²) in [6.07, 6.45) is 0. The molecule has 0 spiro atoms. The minimum Gasteiger partial charge on any atom is -0.340 e. The van der Waals surface area contributed by atoms with Crippen LogP contribution in [0.25, 0.3) is 0 Å². The topological polar surface area (TPSA) is 46.3 Å². The third-order valence-corrected chi connectivity index (χ3v) is 3.85. The zero-order valence-corrected chi connectivity index (χ0v) is 12.5. The largest absolute Gasteiger partial charge is 0.340 e. The Bertz CT molecular complexity index is 345. The van der Waals surface area contributed by atoms with E-state index in [0.29, 0.717) is 13.1 Å². The Morgan fingerprint density at radius 3 is 2.75 bits per heavy atom. The van der Waals surface area contributed by atoms with Gasteiger partial charge in [0.2, 0.25) is 5.91 Å². The van der Waals surface area contributed by atoms with Gasteiger partial charge in [0.15, 0.2) is 0 Å². The molecule has 16 heavy (non-hydrogen) atoms. The SMILES string of the molecule is CC(CN)C(=O)N(C)Cc1cc(Br)cs1.Cl. The van der Waals surface area contributed by atoms with Crippen molar-refractivity contribution in [1.29, 1.82) is 0 Å². The fourth-order valence-electron chi connectivity index (χ4n) is 1.23. The number of amides is 1. The van der Waals surface area contributed by atoms with Crippen molar-refractivity contribution in [2.75, 3.05) is 13.6 Å². The van der Waals surface area contributed by atoms with Crippen LogP contribution in [0.3, 0.4) is 0 Å². The Morgan fingerprint density at radius 1 is 1.69 bits per heavy atom. The van der Waals surface area contributed by atoms with Gasteiger partial charge in [0.25, 0.3) is 0 Å². The van der Waals surface area contributed by atoms with Crippen LogP contribution >= 0.6 is 39.7 Å². The zero-order chi connectivity index (χ0) is 11.4. The first-order chi connectivity index (χ1) is 7.04. The van der Waals surface area contributed by atoms with E-state index < -0.39 is 0 Å². The maximum absolute atomic E-state index is 11.7. The molecule has 0 aliphatic carbocycles. The summed E-state index contributed by atoms with van der Waals surface area (Å²) in [5.74, 6) is 0.000394. The number of nitrogens with zero attached hydrogens (tertiary/aromatic N) is 1. The molecule has 0 saturated heterocycles. The van der Waals surface area contributed by atoms with Crippen molar-refractivity contribution < 1.29 is 4.79 Å². The van der Waals surface area contributed by atoms with Crippen molar-refractivity contribution in [2.24, 2.45) is 11.7 Å². The summed E-state index contributed by atoms with van der Waals surface area (Å²) in [6, 6.07) is 2.03. The molecule has 1 atom stereocenters. The summed E-state index contributed by atoms with van der Waals surface area (Å²) < 4.78 is 1.07. The standard InChI is InChI=1S/C10H15BrN2OS.ClH/c1-7(4-12)10(14)13(2)5-9-3-8(11)6-15-9;/h3,6-7H,4-5,12H2,1-2H3;1H. The number of halogens is 2. The summed E-state index contributed by atoms with van der Waals surface area (Å²) in [4.78, 5) is 14.6. The van der Waals surface area contributed by atoms with Crippen molar-refractivity contribution in [2.45, 2.75) is 13.5 Å². The minimum atomic E-state index is -0.0987. The summed E-state index contributed by atoms with van der Waals surface area (Å²) in [7, 11) is 1.81. The summed E-state index contributed by atoms with van der Waals surface area (Å²) >= 11 is 5.03. The monoisotopic (exact) mass is 326 g/mol. The van der Waals surface area contributed by atoms with Crippen molar-refractivity contribution in [3.05, 3.63) is 20.8 Å². The van der Waals surface area contributed by atoms with Crippen LogP contribution < -0.4 is 5.73 Å². The van der Waals surface area contributed by atoms with Crippen LogP contribution in [0.4, 0.5) is 0 Å². The van der Waals surface area contributed by atoms with Crippen LogP contribution in [-0.4, -0.2) is 24.4 Å². The summed E-state index contributed by atoms with van der Waals surface area (Å²) in [5.41, 5.74) is 5.46. The van der Waals surface area contributed by atoms with Gasteiger partial charge in [0.05, 0.1) is 6.54 Å². The first kappa shape index (κ1) is 15.9. The normalized spacial score (nSPS) is 11.8. The molecule has 0 radical (unpaired) electrons. The van der Waals surface area contributed by atoms with Gasteiger partial charge in [-0.15, -0.1) is 23.7 Å². The molecule has 0 aliphatic heterocycles. The second kappa shape index (κ2) is 7.27. The van der Waals surface area contributed by atoms with E-state index in [1.807, 2.05) is 25.4 Å². The highest BCUT2D eigenvalue weighted by atomic mass is 79.9. The Hall–Kier alpha value is -0.100. The number of hydrogen-bond acceptors (Lipinski definition) is 3. The van der Waals surface area contributed by atoms with E-state index in [4.69, 9.17) is 5.73 Å². The predicted octanol–water partition coefficient (Wildman–Crippen LogP) is 2.49. The van der Waals surface area contributed by atoms with Gasteiger partial charge in [0.1, 0.15) is 0 Å². The highest BCUT2D eigenvalue weighted by Crippen LogP contribution is 2.21. The molecular weight excluding hydrogens is 312 g/mol. The molecule has 1 rings (SSSR count). The van der Waals surface area contributed by atoms with Crippen LogP contribution in [0, 0.1) is 5.92 Å². The van der Waals surface area contributed by atoms with Crippen molar-refractivity contribution in [3.8, 4) is 0 Å². The van der Waals surface area contributed by atoms with Gasteiger partial charge >= 0.3 is 0 Å². The third kappa shape index (κ3) is 4.41. The van der Waals surface area contributed by atoms with Crippen LogP contribution in [0.2, 0.25) is 0 Å².